The molecule has 22 heavy (non-hydrogen) atoms. The molecule has 0 spiro atoms. The molecule has 118 valence electrons. The number of ether oxygens (including phenoxy) is 1. The number of hydrogen-bond acceptors (Lipinski definition) is 5. The van der Waals surface area contributed by atoms with E-state index in [1.807, 2.05) is 20.8 Å². The minimum absolute atomic E-state index is 0.191. The van der Waals surface area contributed by atoms with Gasteiger partial charge >= 0.3 is 0 Å². The Kier molecular flexibility index (Phi) is 5.57. The second-order valence-corrected chi connectivity index (χ2v) is 5.57. The predicted octanol–water partition coefficient (Wildman–Crippen LogP) is 2.91. The van der Waals surface area contributed by atoms with Crippen LogP contribution in [0.25, 0.3) is 0 Å². The molecule has 0 saturated heterocycles. The molecule has 0 fully saturated rings. The van der Waals surface area contributed by atoms with Crippen molar-refractivity contribution < 1.29 is 9.84 Å². The molecule has 1 heterocycles. The number of anilines is 1. The van der Waals surface area contributed by atoms with Gasteiger partial charge in [-0.2, -0.15) is 0 Å². The third-order valence-electron chi connectivity index (χ3n) is 3.26. The standard InChI is InChI=1S/C16H20ClN3O2/c1-10-11(2)19-12(3)20-16(10)18-8-14(21)9-22-15-6-4-13(17)5-7-15/h4-7,14,21H,8-9H2,1-3H3,(H,18,19,20)/t14-/m0/s1. The number of rotatable bonds is 6. The van der Waals surface area contributed by atoms with E-state index in [1.165, 1.54) is 0 Å². The third kappa shape index (κ3) is 4.58. The maximum atomic E-state index is 10.00. The van der Waals surface area contributed by atoms with Crippen molar-refractivity contribution in [3.05, 3.63) is 46.4 Å². The molecule has 0 unspecified atom stereocenters. The Balaban J connectivity index is 1.85. The quantitative estimate of drug-likeness (QED) is 0.856. The summed E-state index contributed by atoms with van der Waals surface area (Å²) in [4.78, 5) is 8.64. The topological polar surface area (TPSA) is 67.3 Å². The molecule has 2 rings (SSSR count). The van der Waals surface area contributed by atoms with Gasteiger partial charge in [-0.15, -0.1) is 0 Å². The van der Waals surface area contributed by atoms with Crippen LogP contribution < -0.4 is 10.1 Å². The Morgan fingerprint density at radius 2 is 1.86 bits per heavy atom. The van der Waals surface area contributed by atoms with Crippen molar-refractivity contribution in [3.63, 3.8) is 0 Å². The Hall–Kier alpha value is -1.85. The van der Waals surface area contributed by atoms with Crippen LogP contribution >= 0.6 is 11.6 Å². The highest BCUT2D eigenvalue weighted by atomic mass is 35.5. The van der Waals surface area contributed by atoms with E-state index in [1.54, 1.807) is 24.3 Å². The summed E-state index contributed by atoms with van der Waals surface area (Å²) in [5, 5.41) is 13.8. The molecule has 0 saturated carbocycles. The molecule has 1 aromatic heterocycles. The van der Waals surface area contributed by atoms with Gasteiger partial charge in [0.25, 0.3) is 0 Å². The van der Waals surface area contributed by atoms with E-state index >= 15 is 0 Å². The number of nitrogens with zero attached hydrogens (tertiary/aromatic N) is 2. The molecule has 1 atom stereocenters. The van der Waals surface area contributed by atoms with E-state index in [9.17, 15) is 5.11 Å². The second-order valence-electron chi connectivity index (χ2n) is 5.13. The van der Waals surface area contributed by atoms with Crippen molar-refractivity contribution in [3.8, 4) is 5.75 Å². The van der Waals surface area contributed by atoms with Crippen molar-refractivity contribution in [1.82, 2.24) is 9.97 Å². The fourth-order valence-corrected chi connectivity index (χ4v) is 2.06. The molecule has 0 amide bonds. The zero-order valence-corrected chi connectivity index (χ0v) is 13.7. The van der Waals surface area contributed by atoms with Crippen molar-refractivity contribution >= 4 is 17.4 Å². The lowest BCUT2D eigenvalue weighted by Crippen LogP contribution is -2.27. The first-order chi connectivity index (χ1) is 10.5. The van der Waals surface area contributed by atoms with E-state index in [0.717, 1.165) is 17.1 Å². The summed E-state index contributed by atoms with van der Waals surface area (Å²) in [6, 6.07) is 7.03. The highest BCUT2D eigenvalue weighted by Gasteiger charge is 2.09. The average molecular weight is 322 g/mol. The number of aliphatic hydroxyl groups is 1. The number of nitrogens with one attached hydrogen (secondary N) is 1. The highest BCUT2D eigenvalue weighted by molar-refractivity contribution is 6.30. The molecule has 0 bridgehead atoms. The summed E-state index contributed by atoms with van der Waals surface area (Å²) >= 11 is 5.81. The number of benzene rings is 1. The van der Waals surface area contributed by atoms with E-state index in [0.29, 0.717) is 23.1 Å². The fraction of sp³-hybridized carbons (Fsp3) is 0.375. The molecule has 6 heteroatoms. The first-order valence-corrected chi connectivity index (χ1v) is 7.45. The summed E-state index contributed by atoms with van der Waals surface area (Å²) in [7, 11) is 0. The molecule has 0 aliphatic heterocycles. The summed E-state index contributed by atoms with van der Waals surface area (Å²) in [5.74, 6) is 2.13. The lowest BCUT2D eigenvalue weighted by Gasteiger charge is -2.15. The van der Waals surface area contributed by atoms with Gasteiger partial charge in [-0.05, 0) is 45.0 Å². The van der Waals surface area contributed by atoms with Crippen molar-refractivity contribution in [2.24, 2.45) is 0 Å². The summed E-state index contributed by atoms with van der Waals surface area (Å²) in [6.07, 6.45) is -0.648. The zero-order valence-electron chi connectivity index (χ0n) is 12.9. The molecule has 0 radical (unpaired) electrons. The Bertz CT molecular complexity index is 632. The van der Waals surface area contributed by atoms with E-state index in [-0.39, 0.29) is 6.61 Å². The van der Waals surface area contributed by atoms with Gasteiger partial charge in [0.05, 0.1) is 0 Å². The molecule has 0 aliphatic rings. The van der Waals surface area contributed by atoms with Crippen LogP contribution in [0.3, 0.4) is 0 Å². The van der Waals surface area contributed by atoms with Crippen LogP contribution in [0.1, 0.15) is 17.1 Å². The largest absolute Gasteiger partial charge is 0.491 e. The number of aliphatic hydroxyl groups excluding tert-OH is 1. The monoisotopic (exact) mass is 321 g/mol. The van der Waals surface area contributed by atoms with Crippen LogP contribution in [-0.4, -0.2) is 34.3 Å². The fourth-order valence-electron chi connectivity index (χ4n) is 1.94. The second kappa shape index (κ2) is 7.42. The molecule has 2 aromatic rings. The smallest absolute Gasteiger partial charge is 0.132 e. The van der Waals surface area contributed by atoms with E-state index in [2.05, 4.69) is 15.3 Å². The van der Waals surface area contributed by atoms with Crippen molar-refractivity contribution in [2.45, 2.75) is 26.9 Å². The van der Waals surface area contributed by atoms with E-state index < -0.39 is 6.10 Å². The summed E-state index contributed by atoms with van der Waals surface area (Å²) in [5.41, 5.74) is 1.92. The van der Waals surface area contributed by atoms with Gasteiger partial charge in [-0.3, -0.25) is 0 Å². The van der Waals surface area contributed by atoms with Crippen LogP contribution in [0.15, 0.2) is 24.3 Å². The summed E-state index contributed by atoms with van der Waals surface area (Å²) < 4.78 is 5.51. The highest BCUT2D eigenvalue weighted by Crippen LogP contribution is 2.16. The van der Waals surface area contributed by atoms with Gasteiger partial charge in [-0.25, -0.2) is 9.97 Å². The lowest BCUT2D eigenvalue weighted by atomic mass is 10.2. The molecule has 1 aromatic carbocycles. The summed E-state index contributed by atoms with van der Waals surface area (Å²) in [6.45, 7) is 6.28. The van der Waals surface area contributed by atoms with Crippen LogP contribution in [0.2, 0.25) is 5.02 Å². The van der Waals surface area contributed by atoms with Crippen LogP contribution in [0.5, 0.6) is 5.75 Å². The maximum Gasteiger partial charge on any atom is 0.132 e. The minimum Gasteiger partial charge on any atom is -0.491 e. The molecule has 2 N–H and O–H groups in total. The Morgan fingerprint density at radius 3 is 2.55 bits per heavy atom. The molecule has 5 nitrogen and oxygen atoms in total. The first-order valence-electron chi connectivity index (χ1n) is 7.08. The number of aromatic nitrogens is 2. The molecule has 0 aliphatic carbocycles. The van der Waals surface area contributed by atoms with Gasteiger partial charge in [0.1, 0.15) is 30.1 Å². The number of halogens is 1. The van der Waals surface area contributed by atoms with Crippen LogP contribution in [0, 0.1) is 20.8 Å². The van der Waals surface area contributed by atoms with Crippen molar-refractivity contribution in [2.75, 3.05) is 18.5 Å². The SMILES string of the molecule is Cc1nc(C)c(C)c(NC[C@H](O)COc2ccc(Cl)cc2)n1. The maximum absolute atomic E-state index is 10.00. The molecular formula is C16H20ClN3O2. The van der Waals surface area contributed by atoms with E-state index in [4.69, 9.17) is 16.3 Å². The average Bonchev–Trinajstić information content (AvgIpc) is 2.49. The van der Waals surface area contributed by atoms with Crippen LogP contribution in [-0.2, 0) is 0 Å². The van der Waals surface area contributed by atoms with Gasteiger partial charge in [-0.1, -0.05) is 11.6 Å². The van der Waals surface area contributed by atoms with Gasteiger partial charge in [0.2, 0.25) is 0 Å². The molecular weight excluding hydrogens is 302 g/mol. The Labute approximate surface area is 135 Å². The van der Waals surface area contributed by atoms with Gasteiger partial charge in [0.15, 0.2) is 0 Å². The van der Waals surface area contributed by atoms with Gasteiger partial charge in [0, 0.05) is 22.8 Å². The van der Waals surface area contributed by atoms with Crippen LogP contribution in [0.4, 0.5) is 5.82 Å². The zero-order chi connectivity index (χ0) is 16.1. The first kappa shape index (κ1) is 16.5. The normalized spacial score (nSPS) is 12.0. The van der Waals surface area contributed by atoms with Crippen molar-refractivity contribution in [1.29, 1.82) is 0 Å². The minimum atomic E-state index is -0.648. The lowest BCUT2D eigenvalue weighted by molar-refractivity contribution is 0.117. The van der Waals surface area contributed by atoms with Gasteiger partial charge < -0.3 is 15.2 Å². The predicted molar refractivity (Wildman–Crippen MR) is 87.7 cm³/mol. The number of aryl methyl sites for hydroxylation is 2. The third-order valence-corrected chi connectivity index (χ3v) is 3.51. The Morgan fingerprint density at radius 1 is 1.18 bits per heavy atom. The number of hydrogen-bond donors (Lipinski definition) is 2.